The van der Waals surface area contributed by atoms with E-state index in [0.29, 0.717) is 89.2 Å². The number of aliphatic hydroxyl groups excluding tert-OH is 3. The smallest absolute Gasteiger partial charge is 0.364 e. The van der Waals surface area contributed by atoms with Gasteiger partial charge in [-0.15, -0.1) is 0 Å². The summed E-state index contributed by atoms with van der Waals surface area (Å²) in [4.78, 5) is 59.7. The van der Waals surface area contributed by atoms with E-state index in [0.717, 1.165) is 6.92 Å². The van der Waals surface area contributed by atoms with E-state index in [-0.39, 0.29) is 37.9 Å². The number of amides is 4. The number of ether oxygens (including phenoxy) is 6. The van der Waals surface area contributed by atoms with Gasteiger partial charge in [0.25, 0.3) is 5.79 Å². The lowest BCUT2D eigenvalue weighted by Gasteiger charge is -2.46. The van der Waals surface area contributed by atoms with Gasteiger partial charge < -0.3 is 70.1 Å². The second-order valence-corrected chi connectivity index (χ2v) is 13.7. The van der Waals surface area contributed by atoms with Crippen LogP contribution < -0.4 is 21.3 Å². The number of halogens is 1. The molecule has 19 nitrogen and oxygen atoms in total. The van der Waals surface area contributed by atoms with Crippen LogP contribution >= 0.6 is 11.6 Å². The summed E-state index contributed by atoms with van der Waals surface area (Å²) < 4.78 is 32.9. The van der Waals surface area contributed by atoms with Crippen LogP contribution in [0.1, 0.15) is 51.5 Å². The standard InChI is InChI=1S/C37H59ClN4O15/c1-25(43)39-12-15-53-17-19-55-21-20-54-18-16-52-14-10-31(47)40-11-4-3-5-13-56-37(36(50)51)23-29(45)33(42-26(2)44)35(57-37)34(49)30(46)24-41-32(48)22-27-6-8-28(38)9-7-27/h6-9,29-30,33-35,45-46,49H,3-5,10-24H2,1-2H3,(H,39,43)(H,40,47)(H,41,48)(H,42,44)(H,50,51)/t29-,30+,33+,34+,35+,37+/m0/s1. The van der Waals surface area contributed by atoms with Gasteiger partial charge in [0.2, 0.25) is 23.6 Å². The number of carbonyl (C=O) groups excluding carboxylic acids is 4. The van der Waals surface area contributed by atoms with Gasteiger partial charge in [0.1, 0.15) is 12.2 Å². The predicted molar refractivity (Wildman–Crippen MR) is 203 cm³/mol. The molecular formula is C37H59ClN4O15. The first-order valence-electron chi connectivity index (χ1n) is 18.9. The van der Waals surface area contributed by atoms with Crippen molar-refractivity contribution in [3.8, 4) is 0 Å². The van der Waals surface area contributed by atoms with Crippen LogP contribution in [0.5, 0.6) is 0 Å². The second-order valence-electron chi connectivity index (χ2n) is 13.2. The molecule has 0 aromatic heterocycles. The van der Waals surface area contributed by atoms with Gasteiger partial charge >= 0.3 is 5.97 Å². The minimum atomic E-state index is -2.42. The van der Waals surface area contributed by atoms with Gasteiger partial charge in [-0.3, -0.25) is 19.2 Å². The molecule has 1 saturated heterocycles. The molecule has 0 bridgehead atoms. The number of carboxylic acids is 1. The topological polar surface area (TPSA) is 270 Å². The number of hydrogen-bond donors (Lipinski definition) is 8. The molecule has 0 radical (unpaired) electrons. The number of nitrogens with one attached hydrogen (secondary N) is 4. The van der Waals surface area contributed by atoms with E-state index in [1.165, 1.54) is 6.92 Å². The Morgan fingerprint density at radius 3 is 2.00 bits per heavy atom. The number of benzene rings is 1. The fourth-order valence-corrected chi connectivity index (χ4v) is 5.67. The molecule has 0 spiro atoms. The first-order valence-corrected chi connectivity index (χ1v) is 19.3. The van der Waals surface area contributed by atoms with Crippen molar-refractivity contribution in [2.45, 2.75) is 88.6 Å². The molecule has 1 heterocycles. The van der Waals surface area contributed by atoms with Gasteiger partial charge in [0, 0.05) is 51.3 Å². The molecule has 4 amide bonds. The Morgan fingerprint density at radius 2 is 1.40 bits per heavy atom. The van der Waals surface area contributed by atoms with Crippen molar-refractivity contribution in [2.75, 3.05) is 79.1 Å². The molecule has 0 aliphatic carbocycles. The Labute approximate surface area is 337 Å². The summed E-state index contributed by atoms with van der Waals surface area (Å²) in [6.45, 7) is 5.74. The van der Waals surface area contributed by atoms with Crippen LogP contribution in [0.3, 0.4) is 0 Å². The molecule has 2 rings (SSSR count). The quantitative estimate of drug-likeness (QED) is 0.0435. The SMILES string of the molecule is CC(=O)NCCOCCOCCOCCOCCC(=O)NCCCCCO[C@]1(C(=O)O)C[C@H](O)[C@@H](NC(C)=O)[C@H]([C@H](O)[C@H](O)CNC(=O)Cc2ccc(Cl)cc2)O1. The average molecular weight is 835 g/mol. The number of hydrogen-bond acceptors (Lipinski definition) is 14. The Kier molecular flexibility index (Phi) is 24.4. The molecule has 0 saturated carbocycles. The second kappa shape index (κ2) is 28.0. The van der Waals surface area contributed by atoms with Crippen molar-refractivity contribution in [1.29, 1.82) is 0 Å². The van der Waals surface area contributed by atoms with Crippen molar-refractivity contribution < 1.29 is 72.8 Å². The highest BCUT2D eigenvalue weighted by atomic mass is 35.5. The molecule has 1 aromatic rings. The molecule has 20 heteroatoms. The van der Waals surface area contributed by atoms with Crippen LogP contribution in [0.25, 0.3) is 0 Å². The van der Waals surface area contributed by atoms with Crippen LogP contribution in [-0.2, 0) is 58.8 Å². The summed E-state index contributed by atoms with van der Waals surface area (Å²) in [5.41, 5.74) is 0.653. The van der Waals surface area contributed by atoms with E-state index in [1.807, 2.05) is 0 Å². The summed E-state index contributed by atoms with van der Waals surface area (Å²) in [7, 11) is 0. The minimum Gasteiger partial charge on any atom is -0.477 e. The van der Waals surface area contributed by atoms with E-state index in [1.54, 1.807) is 24.3 Å². The van der Waals surface area contributed by atoms with E-state index in [2.05, 4.69) is 21.3 Å². The maximum Gasteiger partial charge on any atom is 0.364 e. The number of carboxylic acid groups (broad SMARTS) is 1. The molecule has 1 aliphatic rings. The van der Waals surface area contributed by atoms with Crippen molar-refractivity contribution in [1.82, 2.24) is 21.3 Å². The first-order chi connectivity index (χ1) is 27.2. The zero-order valence-electron chi connectivity index (χ0n) is 32.6. The van der Waals surface area contributed by atoms with Crippen LogP contribution in [0, 0.1) is 0 Å². The number of aliphatic hydroxyl groups is 3. The highest BCUT2D eigenvalue weighted by Crippen LogP contribution is 2.34. The van der Waals surface area contributed by atoms with Crippen LogP contribution in [-0.4, -0.2) is 165 Å². The highest BCUT2D eigenvalue weighted by Gasteiger charge is 2.55. The van der Waals surface area contributed by atoms with Gasteiger partial charge in [0.05, 0.1) is 84.1 Å². The lowest BCUT2D eigenvalue weighted by molar-refractivity contribution is -0.310. The Balaban J connectivity index is 1.66. The number of aliphatic carboxylic acids is 1. The molecule has 1 fully saturated rings. The maximum atomic E-state index is 12.5. The average Bonchev–Trinajstić information content (AvgIpc) is 3.16. The summed E-state index contributed by atoms with van der Waals surface area (Å²) in [6.07, 6.45) is -5.77. The molecule has 324 valence electrons. The molecule has 0 unspecified atom stereocenters. The van der Waals surface area contributed by atoms with E-state index >= 15 is 0 Å². The van der Waals surface area contributed by atoms with E-state index in [9.17, 15) is 44.4 Å². The van der Waals surface area contributed by atoms with Crippen LogP contribution in [0.2, 0.25) is 5.02 Å². The minimum absolute atomic E-state index is 0.0388. The summed E-state index contributed by atoms with van der Waals surface area (Å²) in [5.74, 6) is -5.39. The fraction of sp³-hybridized carbons (Fsp3) is 0.703. The van der Waals surface area contributed by atoms with E-state index in [4.69, 9.17) is 40.0 Å². The summed E-state index contributed by atoms with van der Waals surface area (Å²) in [5, 5.41) is 53.7. The van der Waals surface area contributed by atoms with Crippen molar-refractivity contribution in [3.05, 3.63) is 34.9 Å². The monoisotopic (exact) mass is 834 g/mol. The number of unbranched alkanes of at least 4 members (excludes halogenated alkanes) is 2. The molecule has 8 N–H and O–H groups in total. The van der Waals surface area contributed by atoms with Crippen LogP contribution in [0.15, 0.2) is 24.3 Å². The van der Waals surface area contributed by atoms with Gasteiger partial charge in [0.15, 0.2) is 0 Å². The van der Waals surface area contributed by atoms with Gasteiger partial charge in [-0.2, -0.15) is 0 Å². The van der Waals surface area contributed by atoms with Gasteiger partial charge in [-0.25, -0.2) is 4.79 Å². The molecule has 57 heavy (non-hydrogen) atoms. The Hall–Kier alpha value is -3.50. The zero-order chi connectivity index (χ0) is 42.1. The lowest BCUT2D eigenvalue weighted by Crippen LogP contribution is -2.68. The third kappa shape index (κ3) is 20.7. The maximum absolute atomic E-state index is 12.5. The fourth-order valence-electron chi connectivity index (χ4n) is 5.54. The number of carbonyl (C=O) groups is 5. The normalized spacial score (nSPS) is 20.3. The molecule has 6 atom stereocenters. The van der Waals surface area contributed by atoms with Gasteiger partial charge in [-0.1, -0.05) is 23.7 Å². The van der Waals surface area contributed by atoms with Crippen molar-refractivity contribution in [2.24, 2.45) is 0 Å². The zero-order valence-corrected chi connectivity index (χ0v) is 33.3. The largest absolute Gasteiger partial charge is 0.477 e. The Morgan fingerprint density at radius 1 is 0.789 bits per heavy atom. The molecule has 1 aliphatic heterocycles. The molecular weight excluding hydrogens is 776 g/mol. The highest BCUT2D eigenvalue weighted by molar-refractivity contribution is 6.30. The third-order valence-corrected chi connectivity index (χ3v) is 8.73. The first kappa shape index (κ1) is 49.6. The predicted octanol–water partition coefficient (Wildman–Crippen LogP) is -0.948. The van der Waals surface area contributed by atoms with Crippen LogP contribution in [0.4, 0.5) is 0 Å². The van der Waals surface area contributed by atoms with Crippen molar-refractivity contribution in [3.63, 3.8) is 0 Å². The van der Waals surface area contributed by atoms with Crippen molar-refractivity contribution >= 4 is 41.2 Å². The summed E-state index contributed by atoms with van der Waals surface area (Å²) in [6, 6.07) is 5.24. The Bertz CT molecular complexity index is 1360. The van der Waals surface area contributed by atoms with E-state index < -0.39 is 67.0 Å². The summed E-state index contributed by atoms with van der Waals surface area (Å²) >= 11 is 5.87. The third-order valence-electron chi connectivity index (χ3n) is 8.47. The molecule has 1 aromatic carbocycles. The number of rotatable bonds is 30. The van der Waals surface area contributed by atoms with Gasteiger partial charge in [-0.05, 0) is 37.0 Å². The lowest BCUT2D eigenvalue weighted by atomic mass is 9.88.